The van der Waals surface area contributed by atoms with Gasteiger partial charge in [0.25, 0.3) is 5.91 Å². The van der Waals surface area contributed by atoms with Crippen LogP contribution < -0.4 is 5.32 Å². The van der Waals surface area contributed by atoms with Gasteiger partial charge in [-0.2, -0.15) is 5.10 Å². The Balaban J connectivity index is 1.84. The normalized spacial score (nSPS) is 17.7. The van der Waals surface area contributed by atoms with Crippen molar-refractivity contribution in [3.05, 3.63) is 53.1 Å². The van der Waals surface area contributed by atoms with Gasteiger partial charge in [-0.25, -0.2) is 4.39 Å². The molecule has 1 aliphatic rings. The molecule has 4 nitrogen and oxygen atoms in total. The second-order valence-electron chi connectivity index (χ2n) is 7.06. The van der Waals surface area contributed by atoms with E-state index in [1.807, 2.05) is 10.9 Å². The maximum Gasteiger partial charge on any atom is 0.251 e. The monoisotopic (exact) mass is 315 g/mol. The van der Waals surface area contributed by atoms with Crippen molar-refractivity contribution in [1.29, 1.82) is 0 Å². The summed E-state index contributed by atoms with van der Waals surface area (Å²) in [6.45, 7) is 6.36. The van der Waals surface area contributed by atoms with E-state index in [2.05, 4.69) is 31.2 Å². The summed E-state index contributed by atoms with van der Waals surface area (Å²) in [7, 11) is 0. The van der Waals surface area contributed by atoms with Crippen LogP contribution in [0.25, 0.3) is 0 Å². The number of nitrogens with zero attached hydrogens (tertiary/aromatic N) is 2. The second kappa shape index (κ2) is 5.80. The van der Waals surface area contributed by atoms with Crippen LogP contribution in [0.1, 0.15) is 61.3 Å². The molecule has 1 heterocycles. The van der Waals surface area contributed by atoms with Gasteiger partial charge in [0, 0.05) is 16.8 Å². The zero-order chi connectivity index (χ0) is 16.6. The zero-order valence-corrected chi connectivity index (χ0v) is 13.8. The van der Waals surface area contributed by atoms with Crippen LogP contribution >= 0.6 is 0 Å². The van der Waals surface area contributed by atoms with Gasteiger partial charge in [0.15, 0.2) is 0 Å². The fourth-order valence-corrected chi connectivity index (χ4v) is 3.16. The van der Waals surface area contributed by atoms with Gasteiger partial charge < -0.3 is 5.32 Å². The first-order valence-corrected chi connectivity index (χ1v) is 8.00. The Labute approximate surface area is 135 Å². The topological polar surface area (TPSA) is 46.9 Å². The first-order chi connectivity index (χ1) is 10.9. The van der Waals surface area contributed by atoms with Crippen LogP contribution in [0.4, 0.5) is 4.39 Å². The third-order valence-electron chi connectivity index (χ3n) is 4.21. The summed E-state index contributed by atoms with van der Waals surface area (Å²) in [5.41, 5.74) is 2.53. The number of aromatic nitrogens is 2. The van der Waals surface area contributed by atoms with Gasteiger partial charge in [0.1, 0.15) is 5.82 Å². The fraction of sp³-hybridized carbons (Fsp3) is 0.444. The average Bonchev–Trinajstić information content (AvgIpc) is 2.92. The zero-order valence-electron chi connectivity index (χ0n) is 13.8. The largest absolute Gasteiger partial charge is 0.345 e. The Morgan fingerprint density at radius 2 is 2.17 bits per heavy atom. The minimum absolute atomic E-state index is 0.0642. The van der Waals surface area contributed by atoms with Crippen LogP contribution in [0.2, 0.25) is 0 Å². The van der Waals surface area contributed by atoms with Crippen LogP contribution in [0.3, 0.4) is 0 Å². The van der Waals surface area contributed by atoms with Crippen LogP contribution in [-0.2, 0) is 12.0 Å². The third-order valence-corrected chi connectivity index (χ3v) is 4.21. The van der Waals surface area contributed by atoms with E-state index in [0.29, 0.717) is 5.56 Å². The Bertz CT molecular complexity index is 730. The number of halogens is 1. The number of hydrogen-bond acceptors (Lipinski definition) is 2. The Morgan fingerprint density at radius 3 is 2.87 bits per heavy atom. The van der Waals surface area contributed by atoms with Crippen molar-refractivity contribution in [2.45, 2.75) is 51.6 Å². The predicted octanol–water partition coefficient (Wildman–Crippen LogP) is 3.58. The number of benzene rings is 1. The summed E-state index contributed by atoms with van der Waals surface area (Å²) in [4.78, 5) is 12.4. The highest BCUT2D eigenvalue weighted by molar-refractivity contribution is 5.94. The molecule has 1 atom stereocenters. The quantitative estimate of drug-likeness (QED) is 0.920. The van der Waals surface area contributed by atoms with Crippen molar-refractivity contribution in [3.63, 3.8) is 0 Å². The number of rotatable bonds is 2. The first-order valence-electron chi connectivity index (χ1n) is 8.00. The molecule has 0 aliphatic heterocycles. The van der Waals surface area contributed by atoms with Crippen molar-refractivity contribution in [3.8, 4) is 0 Å². The van der Waals surface area contributed by atoms with Gasteiger partial charge in [-0.05, 0) is 58.2 Å². The van der Waals surface area contributed by atoms with Gasteiger partial charge in [0.05, 0.1) is 17.8 Å². The molecule has 0 spiro atoms. The molecule has 23 heavy (non-hydrogen) atoms. The summed E-state index contributed by atoms with van der Waals surface area (Å²) in [5.74, 6) is -0.645. The highest BCUT2D eigenvalue weighted by Crippen LogP contribution is 2.32. The molecule has 1 N–H and O–H groups in total. The summed E-state index contributed by atoms with van der Waals surface area (Å²) in [6.07, 6.45) is 4.71. The molecule has 2 aromatic rings. The molecule has 1 aromatic heterocycles. The van der Waals surface area contributed by atoms with E-state index < -0.39 is 5.82 Å². The smallest absolute Gasteiger partial charge is 0.251 e. The summed E-state index contributed by atoms with van der Waals surface area (Å²) in [5, 5.41) is 7.54. The average molecular weight is 315 g/mol. The maximum atomic E-state index is 13.3. The minimum atomic E-state index is -0.400. The number of hydrogen-bond donors (Lipinski definition) is 1. The lowest BCUT2D eigenvalue weighted by Crippen LogP contribution is -2.32. The van der Waals surface area contributed by atoms with Gasteiger partial charge in [0.2, 0.25) is 0 Å². The number of carbonyl (C=O) groups is 1. The molecular formula is C18H22FN3O. The van der Waals surface area contributed by atoms with Crippen molar-refractivity contribution >= 4 is 5.91 Å². The fourth-order valence-electron chi connectivity index (χ4n) is 3.16. The predicted molar refractivity (Wildman–Crippen MR) is 86.8 cm³/mol. The molecule has 1 amide bonds. The highest BCUT2D eigenvalue weighted by Gasteiger charge is 2.29. The SMILES string of the molecule is CC(C)(C)n1ncc2c1CCCC2NC(=O)c1cccc(F)c1. The third kappa shape index (κ3) is 3.14. The number of carbonyl (C=O) groups excluding carboxylic acids is 1. The molecule has 0 radical (unpaired) electrons. The van der Waals surface area contributed by atoms with E-state index in [4.69, 9.17) is 0 Å². The lowest BCUT2D eigenvalue weighted by atomic mass is 9.92. The van der Waals surface area contributed by atoms with Gasteiger partial charge >= 0.3 is 0 Å². The molecule has 5 heteroatoms. The Kier molecular flexibility index (Phi) is 3.96. The number of fused-ring (bicyclic) bond motifs is 1. The summed E-state index contributed by atoms with van der Waals surface area (Å²) >= 11 is 0. The van der Waals surface area contributed by atoms with E-state index in [9.17, 15) is 9.18 Å². The standard InChI is InChI=1S/C18H22FN3O/c1-18(2,3)22-16-9-5-8-15(14(16)11-20-22)21-17(23)12-6-4-7-13(19)10-12/h4,6-7,10-11,15H,5,8-9H2,1-3H3,(H,21,23). The maximum absolute atomic E-state index is 13.3. The van der Waals surface area contributed by atoms with E-state index in [-0.39, 0.29) is 17.5 Å². The molecule has 1 aromatic carbocycles. The Morgan fingerprint density at radius 1 is 1.39 bits per heavy atom. The molecule has 0 saturated heterocycles. The number of amides is 1. The van der Waals surface area contributed by atoms with Gasteiger partial charge in [-0.15, -0.1) is 0 Å². The van der Waals surface area contributed by atoms with Crippen LogP contribution in [-0.4, -0.2) is 15.7 Å². The lowest BCUT2D eigenvalue weighted by Gasteiger charge is -2.28. The Hall–Kier alpha value is -2.17. The van der Waals surface area contributed by atoms with Crippen molar-refractivity contribution < 1.29 is 9.18 Å². The number of nitrogens with one attached hydrogen (secondary N) is 1. The van der Waals surface area contributed by atoms with E-state index >= 15 is 0 Å². The van der Waals surface area contributed by atoms with Crippen molar-refractivity contribution in [1.82, 2.24) is 15.1 Å². The molecule has 122 valence electrons. The van der Waals surface area contributed by atoms with Crippen LogP contribution in [0, 0.1) is 5.82 Å². The van der Waals surface area contributed by atoms with Crippen molar-refractivity contribution in [2.24, 2.45) is 0 Å². The molecule has 0 saturated carbocycles. The van der Waals surface area contributed by atoms with E-state index in [0.717, 1.165) is 24.8 Å². The lowest BCUT2D eigenvalue weighted by molar-refractivity contribution is 0.0932. The van der Waals surface area contributed by atoms with Gasteiger partial charge in [-0.3, -0.25) is 9.48 Å². The molecule has 1 aliphatic carbocycles. The van der Waals surface area contributed by atoms with Crippen LogP contribution in [0.15, 0.2) is 30.5 Å². The molecule has 0 fully saturated rings. The first kappa shape index (κ1) is 15.7. The highest BCUT2D eigenvalue weighted by atomic mass is 19.1. The van der Waals surface area contributed by atoms with Gasteiger partial charge in [-0.1, -0.05) is 6.07 Å². The van der Waals surface area contributed by atoms with Crippen molar-refractivity contribution in [2.75, 3.05) is 0 Å². The summed E-state index contributed by atoms with van der Waals surface area (Å²) < 4.78 is 15.3. The summed E-state index contributed by atoms with van der Waals surface area (Å²) in [6, 6.07) is 5.71. The molecular weight excluding hydrogens is 293 g/mol. The molecule has 3 rings (SSSR count). The second-order valence-corrected chi connectivity index (χ2v) is 7.06. The van der Waals surface area contributed by atoms with E-state index in [1.54, 1.807) is 12.1 Å². The van der Waals surface area contributed by atoms with E-state index in [1.165, 1.54) is 17.8 Å². The molecule has 0 bridgehead atoms. The van der Waals surface area contributed by atoms with Crippen LogP contribution in [0.5, 0.6) is 0 Å². The molecule has 1 unspecified atom stereocenters. The minimum Gasteiger partial charge on any atom is -0.345 e.